The van der Waals surface area contributed by atoms with Crippen LogP contribution in [0.5, 0.6) is 0 Å². The summed E-state index contributed by atoms with van der Waals surface area (Å²) in [6.07, 6.45) is 6.12. The third-order valence-electron chi connectivity index (χ3n) is 2.64. The summed E-state index contributed by atoms with van der Waals surface area (Å²) in [5.74, 6) is 0. The zero-order valence-electron chi connectivity index (χ0n) is 7.87. The molecule has 1 saturated carbocycles. The third kappa shape index (κ3) is 3.05. The highest BCUT2D eigenvalue weighted by molar-refractivity contribution is 4.88. The van der Waals surface area contributed by atoms with Crippen LogP contribution in [0.25, 0.3) is 0 Å². The van der Waals surface area contributed by atoms with Gasteiger partial charge in [0.25, 0.3) is 0 Å². The first kappa shape index (κ1) is 10.0. The van der Waals surface area contributed by atoms with E-state index in [0.717, 1.165) is 12.8 Å². The molecule has 0 radical (unpaired) electrons. The Morgan fingerprint density at radius 1 is 1.00 bits per heavy atom. The molecule has 0 saturated heterocycles. The van der Waals surface area contributed by atoms with Crippen molar-refractivity contribution < 1.29 is 0 Å². The van der Waals surface area contributed by atoms with Crippen molar-refractivity contribution in [1.82, 2.24) is 4.90 Å². The largest absolute Gasteiger partial charge is 0.274 e. The molecule has 1 aliphatic rings. The molecule has 0 aromatic carbocycles. The second kappa shape index (κ2) is 5.56. The summed E-state index contributed by atoms with van der Waals surface area (Å²) in [5.41, 5.74) is 0. The second-order valence-corrected chi connectivity index (χ2v) is 3.51. The Bertz CT molecular complexity index is 201. The topological polar surface area (TPSA) is 50.8 Å². The van der Waals surface area contributed by atoms with E-state index in [1.807, 2.05) is 4.90 Å². The van der Waals surface area contributed by atoms with Gasteiger partial charge in [0.1, 0.15) is 0 Å². The number of hydrogen-bond acceptors (Lipinski definition) is 3. The van der Waals surface area contributed by atoms with Gasteiger partial charge in [-0.2, -0.15) is 10.5 Å². The van der Waals surface area contributed by atoms with Gasteiger partial charge in [-0.15, -0.1) is 0 Å². The normalized spacial score (nSPS) is 18.1. The van der Waals surface area contributed by atoms with Gasteiger partial charge in [-0.05, 0) is 12.8 Å². The fraction of sp³-hybridized carbons (Fsp3) is 0.800. The van der Waals surface area contributed by atoms with Crippen molar-refractivity contribution in [3.8, 4) is 12.1 Å². The number of rotatable bonds is 3. The minimum atomic E-state index is 0.401. The molecule has 3 nitrogen and oxygen atoms in total. The molecule has 13 heavy (non-hydrogen) atoms. The molecule has 0 aliphatic heterocycles. The average molecular weight is 177 g/mol. The number of nitrogens with zero attached hydrogens (tertiary/aromatic N) is 3. The van der Waals surface area contributed by atoms with Crippen LogP contribution in [0.4, 0.5) is 0 Å². The third-order valence-corrected chi connectivity index (χ3v) is 2.64. The molecular formula is C10H15N3. The first-order valence-electron chi connectivity index (χ1n) is 4.86. The number of hydrogen-bond donors (Lipinski definition) is 0. The van der Waals surface area contributed by atoms with Crippen molar-refractivity contribution in [2.24, 2.45) is 0 Å². The van der Waals surface area contributed by atoms with Crippen LogP contribution in [-0.4, -0.2) is 24.0 Å². The highest BCUT2D eigenvalue weighted by Crippen LogP contribution is 2.21. The maximum absolute atomic E-state index is 8.59. The second-order valence-electron chi connectivity index (χ2n) is 3.51. The van der Waals surface area contributed by atoms with Gasteiger partial charge < -0.3 is 0 Å². The molecule has 0 aromatic rings. The molecule has 0 N–H and O–H groups in total. The van der Waals surface area contributed by atoms with E-state index in [1.165, 1.54) is 19.3 Å². The molecule has 0 unspecified atom stereocenters. The summed E-state index contributed by atoms with van der Waals surface area (Å²) in [5, 5.41) is 17.2. The van der Waals surface area contributed by atoms with Crippen molar-refractivity contribution in [3.05, 3.63) is 0 Å². The van der Waals surface area contributed by atoms with Gasteiger partial charge in [-0.25, -0.2) is 0 Å². The fourth-order valence-corrected chi connectivity index (χ4v) is 1.94. The van der Waals surface area contributed by atoms with E-state index in [2.05, 4.69) is 12.1 Å². The minimum absolute atomic E-state index is 0.401. The predicted molar refractivity (Wildman–Crippen MR) is 49.7 cm³/mol. The summed E-state index contributed by atoms with van der Waals surface area (Å²) >= 11 is 0. The van der Waals surface area contributed by atoms with E-state index < -0.39 is 0 Å². The molecule has 0 bridgehead atoms. The van der Waals surface area contributed by atoms with Gasteiger partial charge in [0.2, 0.25) is 0 Å². The smallest absolute Gasteiger partial charge is 0.0876 e. The molecule has 0 amide bonds. The lowest BCUT2D eigenvalue weighted by molar-refractivity contribution is 0.193. The number of nitriles is 2. The summed E-state index contributed by atoms with van der Waals surface area (Å²) in [4.78, 5) is 2.00. The first-order valence-corrected chi connectivity index (χ1v) is 4.86. The van der Waals surface area contributed by atoms with Crippen LogP contribution in [0.15, 0.2) is 0 Å². The highest BCUT2D eigenvalue weighted by Gasteiger charge is 2.19. The Kier molecular flexibility index (Phi) is 4.29. The molecule has 0 heterocycles. The van der Waals surface area contributed by atoms with Gasteiger partial charge in [0, 0.05) is 6.04 Å². The molecule has 70 valence electrons. The van der Waals surface area contributed by atoms with Crippen molar-refractivity contribution in [3.63, 3.8) is 0 Å². The lowest BCUT2D eigenvalue weighted by atomic mass is 9.94. The summed E-state index contributed by atoms with van der Waals surface area (Å²) in [7, 11) is 0. The Morgan fingerprint density at radius 2 is 1.54 bits per heavy atom. The molecule has 1 aliphatic carbocycles. The maximum Gasteiger partial charge on any atom is 0.0876 e. The maximum atomic E-state index is 8.59. The lowest BCUT2D eigenvalue weighted by Crippen LogP contribution is -2.37. The Hall–Kier alpha value is -1.06. The molecule has 0 aromatic heterocycles. The highest BCUT2D eigenvalue weighted by atomic mass is 15.1. The van der Waals surface area contributed by atoms with Gasteiger partial charge in [-0.3, -0.25) is 4.90 Å². The quantitative estimate of drug-likeness (QED) is 0.616. The lowest BCUT2D eigenvalue weighted by Gasteiger charge is -2.30. The fourth-order valence-electron chi connectivity index (χ4n) is 1.94. The predicted octanol–water partition coefficient (Wildman–Crippen LogP) is 1.67. The van der Waals surface area contributed by atoms with Gasteiger partial charge in [0.05, 0.1) is 25.2 Å². The van der Waals surface area contributed by atoms with Gasteiger partial charge >= 0.3 is 0 Å². The molecule has 1 rings (SSSR count). The summed E-state index contributed by atoms with van der Waals surface area (Å²) in [6, 6.07) is 4.73. The van der Waals surface area contributed by atoms with Crippen LogP contribution in [0.1, 0.15) is 32.1 Å². The van der Waals surface area contributed by atoms with E-state index in [0.29, 0.717) is 19.1 Å². The summed E-state index contributed by atoms with van der Waals surface area (Å²) in [6.45, 7) is 0.802. The Labute approximate surface area is 79.6 Å². The average Bonchev–Trinajstić information content (AvgIpc) is 2.19. The molecule has 0 atom stereocenters. The molecule has 1 fully saturated rings. The van der Waals surface area contributed by atoms with Gasteiger partial charge in [0.15, 0.2) is 0 Å². The zero-order valence-corrected chi connectivity index (χ0v) is 7.87. The van der Waals surface area contributed by atoms with Crippen molar-refractivity contribution in [2.45, 2.75) is 38.1 Å². The monoisotopic (exact) mass is 177 g/mol. The summed E-state index contributed by atoms with van der Waals surface area (Å²) < 4.78 is 0. The van der Waals surface area contributed by atoms with Crippen LogP contribution in [0.3, 0.4) is 0 Å². The zero-order chi connectivity index (χ0) is 9.52. The standard InChI is InChI=1S/C10H15N3/c11-6-8-13(9-7-12)10-4-2-1-3-5-10/h10H,1-5,8-9H2. The van der Waals surface area contributed by atoms with Crippen LogP contribution in [0.2, 0.25) is 0 Å². The van der Waals surface area contributed by atoms with Crippen LogP contribution in [0, 0.1) is 22.7 Å². The van der Waals surface area contributed by atoms with Crippen LogP contribution < -0.4 is 0 Å². The van der Waals surface area contributed by atoms with Crippen molar-refractivity contribution >= 4 is 0 Å². The van der Waals surface area contributed by atoms with Crippen molar-refractivity contribution in [1.29, 1.82) is 10.5 Å². The molecular weight excluding hydrogens is 162 g/mol. The molecule has 3 heteroatoms. The van der Waals surface area contributed by atoms with E-state index in [1.54, 1.807) is 0 Å². The van der Waals surface area contributed by atoms with E-state index in [9.17, 15) is 0 Å². The van der Waals surface area contributed by atoms with E-state index in [4.69, 9.17) is 10.5 Å². The SMILES string of the molecule is N#CCN(CC#N)C1CCCCC1. The first-order chi connectivity index (χ1) is 6.38. The van der Waals surface area contributed by atoms with Gasteiger partial charge in [-0.1, -0.05) is 19.3 Å². The Morgan fingerprint density at radius 3 is 2.00 bits per heavy atom. The van der Waals surface area contributed by atoms with E-state index >= 15 is 0 Å². The van der Waals surface area contributed by atoms with Crippen LogP contribution in [-0.2, 0) is 0 Å². The minimum Gasteiger partial charge on any atom is -0.274 e. The van der Waals surface area contributed by atoms with Crippen LogP contribution >= 0.6 is 0 Å². The Balaban J connectivity index is 2.43. The van der Waals surface area contributed by atoms with E-state index in [-0.39, 0.29) is 0 Å². The molecule has 0 spiro atoms. The van der Waals surface area contributed by atoms with Crippen molar-refractivity contribution in [2.75, 3.05) is 13.1 Å².